The van der Waals surface area contributed by atoms with Crippen LogP contribution in [0.25, 0.3) is 0 Å². The second-order valence-corrected chi connectivity index (χ2v) is 11.2. The van der Waals surface area contributed by atoms with Crippen molar-refractivity contribution < 1.29 is 26.4 Å². The maximum absolute atomic E-state index is 12.7. The molecule has 2 aromatic rings. The van der Waals surface area contributed by atoms with Gasteiger partial charge >= 0.3 is 0 Å². The molecule has 1 aliphatic rings. The number of sulfonamides is 2. The molecule has 0 atom stereocenters. The minimum absolute atomic E-state index is 0.0232. The van der Waals surface area contributed by atoms with E-state index < -0.39 is 20.0 Å². The highest BCUT2D eigenvalue weighted by Gasteiger charge is 2.24. The van der Waals surface area contributed by atoms with Gasteiger partial charge in [0.15, 0.2) is 6.61 Å². The molecule has 1 heterocycles. The Balaban J connectivity index is 1.69. The van der Waals surface area contributed by atoms with E-state index in [1.807, 2.05) is 0 Å². The van der Waals surface area contributed by atoms with Crippen molar-refractivity contribution in [2.24, 2.45) is 0 Å². The summed E-state index contributed by atoms with van der Waals surface area (Å²) in [4.78, 5) is 11.2. The van der Waals surface area contributed by atoms with Crippen molar-refractivity contribution in [1.29, 1.82) is 0 Å². The minimum Gasteiger partial charge on any atom is -0.482 e. The summed E-state index contributed by atoms with van der Waals surface area (Å²) in [6.45, 7) is 3.24. The van der Waals surface area contributed by atoms with Crippen molar-refractivity contribution in [2.75, 3.05) is 11.9 Å². The minimum atomic E-state index is -3.97. The standard InChI is InChI=1S/C19H22ClN3O6S2/c1-12(2)23-30(25,26)11-14-5-3-13(4-6-14)9-21-31(27,28)18-8-17-16(7-15(18)20)22-19(24)10-29-17/h3-8,12,21,23H,9-11H2,1-2H3,(H,22,24). The number of rotatable bonds is 8. The Hall–Kier alpha value is -2.18. The molecule has 0 unspecified atom stereocenters. The van der Waals surface area contributed by atoms with Gasteiger partial charge in [-0.2, -0.15) is 0 Å². The summed E-state index contributed by atoms with van der Waals surface area (Å²) < 4.78 is 59.7. The number of ether oxygens (including phenoxy) is 1. The van der Waals surface area contributed by atoms with Crippen LogP contribution in [0.4, 0.5) is 5.69 Å². The molecule has 0 bridgehead atoms. The van der Waals surface area contributed by atoms with Gasteiger partial charge in [-0.05, 0) is 31.0 Å². The molecule has 31 heavy (non-hydrogen) atoms. The van der Waals surface area contributed by atoms with Crippen molar-refractivity contribution in [3.8, 4) is 5.75 Å². The second kappa shape index (κ2) is 9.13. The number of carbonyl (C=O) groups is 1. The number of carbonyl (C=O) groups excluding carboxylic acids is 1. The Kier molecular flexibility index (Phi) is 6.92. The van der Waals surface area contributed by atoms with E-state index in [1.165, 1.54) is 12.1 Å². The molecule has 3 N–H and O–H groups in total. The fourth-order valence-electron chi connectivity index (χ4n) is 2.92. The van der Waals surface area contributed by atoms with E-state index >= 15 is 0 Å². The fourth-order valence-corrected chi connectivity index (χ4v) is 5.91. The molecule has 0 spiro atoms. The maximum atomic E-state index is 12.7. The summed E-state index contributed by atoms with van der Waals surface area (Å²) >= 11 is 6.10. The van der Waals surface area contributed by atoms with E-state index in [0.717, 1.165) is 0 Å². The number of anilines is 1. The molecule has 3 rings (SSSR count). The van der Waals surface area contributed by atoms with Gasteiger partial charge in [-0.1, -0.05) is 35.9 Å². The second-order valence-electron chi connectivity index (χ2n) is 7.29. The Morgan fingerprint density at radius 2 is 1.74 bits per heavy atom. The van der Waals surface area contributed by atoms with Crippen LogP contribution in [0.15, 0.2) is 41.3 Å². The number of nitrogens with one attached hydrogen (secondary N) is 3. The van der Waals surface area contributed by atoms with Gasteiger partial charge in [-0.25, -0.2) is 26.3 Å². The lowest BCUT2D eigenvalue weighted by Crippen LogP contribution is -2.31. The highest BCUT2D eigenvalue weighted by molar-refractivity contribution is 7.89. The lowest BCUT2D eigenvalue weighted by atomic mass is 10.1. The molecule has 168 valence electrons. The van der Waals surface area contributed by atoms with Crippen molar-refractivity contribution in [3.63, 3.8) is 0 Å². The van der Waals surface area contributed by atoms with Crippen LogP contribution in [-0.2, 0) is 37.1 Å². The molecule has 0 radical (unpaired) electrons. The number of amides is 1. The van der Waals surface area contributed by atoms with Crippen LogP contribution in [0, 0.1) is 0 Å². The van der Waals surface area contributed by atoms with Gasteiger partial charge in [0.1, 0.15) is 10.6 Å². The molecule has 1 aliphatic heterocycles. The van der Waals surface area contributed by atoms with Crippen LogP contribution in [0.3, 0.4) is 0 Å². The van der Waals surface area contributed by atoms with Crippen molar-refractivity contribution in [3.05, 3.63) is 52.5 Å². The molecule has 1 amide bonds. The molecular weight excluding hydrogens is 466 g/mol. The molecule has 12 heteroatoms. The van der Waals surface area contributed by atoms with Gasteiger partial charge in [-0.3, -0.25) is 4.79 Å². The Bertz CT molecular complexity index is 1200. The normalized spacial score (nSPS) is 14.1. The molecule has 0 fully saturated rings. The van der Waals surface area contributed by atoms with Crippen molar-refractivity contribution in [1.82, 2.24) is 9.44 Å². The third-order valence-electron chi connectivity index (χ3n) is 4.22. The molecule has 0 saturated heterocycles. The first-order valence-electron chi connectivity index (χ1n) is 9.29. The van der Waals surface area contributed by atoms with E-state index in [-0.39, 0.29) is 46.5 Å². The van der Waals surface area contributed by atoms with Crippen LogP contribution in [0.2, 0.25) is 5.02 Å². The van der Waals surface area contributed by atoms with Crippen LogP contribution >= 0.6 is 11.6 Å². The topological polar surface area (TPSA) is 131 Å². The fraction of sp³-hybridized carbons (Fsp3) is 0.316. The van der Waals surface area contributed by atoms with Crippen molar-refractivity contribution >= 4 is 43.2 Å². The summed E-state index contributed by atoms with van der Waals surface area (Å²) in [6, 6.07) is 8.94. The average molecular weight is 488 g/mol. The number of halogens is 1. The van der Waals surface area contributed by atoms with Gasteiger partial charge in [-0.15, -0.1) is 0 Å². The van der Waals surface area contributed by atoms with E-state index in [9.17, 15) is 21.6 Å². The highest BCUT2D eigenvalue weighted by atomic mass is 35.5. The quantitative estimate of drug-likeness (QED) is 0.521. The van der Waals surface area contributed by atoms with Crippen LogP contribution in [0.1, 0.15) is 25.0 Å². The van der Waals surface area contributed by atoms with Gasteiger partial charge in [0.25, 0.3) is 5.91 Å². The predicted octanol–water partition coefficient (Wildman–Crippen LogP) is 1.98. The first-order valence-corrected chi connectivity index (χ1v) is 12.8. The highest BCUT2D eigenvalue weighted by Crippen LogP contribution is 2.35. The summed E-state index contributed by atoms with van der Waals surface area (Å²) in [7, 11) is -7.42. The predicted molar refractivity (Wildman–Crippen MR) is 117 cm³/mol. The van der Waals surface area contributed by atoms with E-state index in [1.54, 1.807) is 38.1 Å². The Morgan fingerprint density at radius 3 is 2.39 bits per heavy atom. The average Bonchev–Trinajstić information content (AvgIpc) is 2.65. The maximum Gasteiger partial charge on any atom is 0.262 e. The van der Waals surface area contributed by atoms with Gasteiger partial charge in [0.2, 0.25) is 20.0 Å². The van der Waals surface area contributed by atoms with E-state index in [2.05, 4.69) is 14.8 Å². The largest absolute Gasteiger partial charge is 0.482 e. The number of fused-ring (bicyclic) bond motifs is 1. The lowest BCUT2D eigenvalue weighted by Gasteiger charge is -2.19. The summed E-state index contributed by atoms with van der Waals surface area (Å²) in [6.07, 6.45) is 0. The number of hydrogen-bond acceptors (Lipinski definition) is 6. The molecule has 0 saturated carbocycles. The van der Waals surface area contributed by atoms with E-state index in [4.69, 9.17) is 16.3 Å². The smallest absolute Gasteiger partial charge is 0.262 e. The SMILES string of the molecule is CC(C)NS(=O)(=O)Cc1ccc(CNS(=O)(=O)c2cc3c(cc2Cl)NC(=O)CO3)cc1. The van der Waals surface area contributed by atoms with Crippen LogP contribution < -0.4 is 19.5 Å². The molecule has 9 nitrogen and oxygen atoms in total. The Morgan fingerprint density at radius 1 is 1.10 bits per heavy atom. The molecule has 0 aromatic heterocycles. The van der Waals surface area contributed by atoms with Crippen LogP contribution in [0.5, 0.6) is 5.75 Å². The van der Waals surface area contributed by atoms with Gasteiger partial charge in [0, 0.05) is 18.7 Å². The zero-order chi connectivity index (χ0) is 22.8. The molecular formula is C19H22ClN3O6S2. The zero-order valence-electron chi connectivity index (χ0n) is 16.8. The zero-order valence-corrected chi connectivity index (χ0v) is 19.2. The van der Waals surface area contributed by atoms with E-state index in [0.29, 0.717) is 16.8 Å². The first kappa shape index (κ1) is 23.5. The third-order valence-corrected chi connectivity index (χ3v) is 7.63. The Labute approximate surface area is 186 Å². The van der Waals surface area contributed by atoms with Crippen LogP contribution in [-0.4, -0.2) is 35.4 Å². The number of benzene rings is 2. The van der Waals surface area contributed by atoms with Gasteiger partial charge < -0.3 is 10.1 Å². The molecule has 2 aromatic carbocycles. The number of hydrogen-bond donors (Lipinski definition) is 3. The monoisotopic (exact) mass is 487 g/mol. The van der Waals surface area contributed by atoms with Crippen molar-refractivity contribution in [2.45, 2.75) is 37.1 Å². The third kappa shape index (κ3) is 6.17. The van der Waals surface area contributed by atoms with Gasteiger partial charge in [0.05, 0.1) is 16.5 Å². The summed E-state index contributed by atoms with van der Waals surface area (Å²) in [5, 5.41) is 2.50. The summed E-state index contributed by atoms with van der Waals surface area (Å²) in [5.41, 5.74) is 1.52. The molecule has 0 aliphatic carbocycles. The summed E-state index contributed by atoms with van der Waals surface area (Å²) in [5.74, 6) is -0.308. The first-order chi connectivity index (χ1) is 14.4. The lowest BCUT2D eigenvalue weighted by molar-refractivity contribution is -0.118.